The van der Waals surface area contributed by atoms with Crippen molar-refractivity contribution in [2.75, 3.05) is 18.4 Å². The van der Waals surface area contributed by atoms with E-state index in [9.17, 15) is 19.2 Å². The van der Waals surface area contributed by atoms with Gasteiger partial charge in [0.15, 0.2) is 5.82 Å². The molecule has 1 aromatic carbocycles. The second-order valence-corrected chi connectivity index (χ2v) is 8.77. The van der Waals surface area contributed by atoms with E-state index in [0.29, 0.717) is 25.2 Å². The number of hydrogen-bond acceptors (Lipinski definition) is 6. The molecule has 1 saturated heterocycles. The number of nitrogens with zero attached hydrogens (tertiary/aromatic N) is 4. The van der Waals surface area contributed by atoms with Crippen molar-refractivity contribution in [1.82, 2.24) is 14.7 Å². The molecular weight excluding hydrogens is 415 g/mol. The van der Waals surface area contributed by atoms with E-state index in [-0.39, 0.29) is 35.6 Å². The summed E-state index contributed by atoms with van der Waals surface area (Å²) in [6, 6.07) is 7.40. The maximum Gasteiger partial charge on any atom is 0.410 e. The fourth-order valence-electron chi connectivity index (χ4n) is 3.67. The predicted molar refractivity (Wildman–Crippen MR) is 116 cm³/mol. The number of ether oxygens (including phenoxy) is 1. The van der Waals surface area contributed by atoms with E-state index >= 15 is 0 Å². The number of hydrogen-bond donors (Lipinski definition) is 2. The number of primary amides is 1. The summed E-state index contributed by atoms with van der Waals surface area (Å²) in [6.45, 7) is 6.34. The smallest absolute Gasteiger partial charge is 0.410 e. The molecule has 2 heterocycles. The fraction of sp³-hybridized carbons (Fsp3) is 0.455. The van der Waals surface area contributed by atoms with Crippen LogP contribution in [0.15, 0.2) is 30.5 Å². The minimum Gasteiger partial charge on any atom is -0.444 e. The number of aromatic nitrogens is 2. The average molecular weight is 442 g/mol. The first-order valence-electron chi connectivity index (χ1n) is 10.3. The minimum atomic E-state index is -0.682. The highest BCUT2D eigenvalue weighted by Gasteiger charge is 2.35. The lowest BCUT2D eigenvalue weighted by Gasteiger charge is -2.25. The van der Waals surface area contributed by atoms with Gasteiger partial charge in [-0.05, 0) is 51.5 Å². The normalized spacial score (nSPS) is 17.0. The van der Waals surface area contributed by atoms with Crippen LogP contribution in [0.5, 0.6) is 0 Å². The van der Waals surface area contributed by atoms with Crippen LogP contribution in [-0.2, 0) is 4.74 Å². The molecule has 1 aromatic heterocycles. The number of rotatable bonds is 6. The number of amides is 2. The fourth-order valence-corrected chi connectivity index (χ4v) is 3.67. The van der Waals surface area contributed by atoms with Gasteiger partial charge in [-0.15, -0.1) is 0 Å². The Morgan fingerprint density at radius 3 is 2.66 bits per heavy atom. The van der Waals surface area contributed by atoms with E-state index in [4.69, 9.17) is 10.5 Å². The lowest BCUT2D eigenvalue weighted by molar-refractivity contribution is 0.0283. The molecule has 0 spiro atoms. The number of halogens is 1. The van der Waals surface area contributed by atoms with Crippen LogP contribution in [0.1, 0.15) is 50.0 Å². The van der Waals surface area contributed by atoms with E-state index in [1.807, 2.05) is 20.8 Å². The van der Waals surface area contributed by atoms with Crippen molar-refractivity contribution < 1.29 is 18.7 Å². The molecule has 0 bridgehead atoms. The molecule has 1 fully saturated rings. The summed E-state index contributed by atoms with van der Waals surface area (Å²) < 4.78 is 20.2. The van der Waals surface area contributed by atoms with Gasteiger partial charge in [-0.2, -0.15) is 10.4 Å². The highest BCUT2D eigenvalue weighted by molar-refractivity contribution is 5.98. The Kier molecular flexibility index (Phi) is 6.67. The van der Waals surface area contributed by atoms with Crippen LogP contribution in [0.25, 0.3) is 0 Å². The number of anilines is 2. The van der Waals surface area contributed by atoms with Crippen molar-refractivity contribution >= 4 is 23.5 Å². The number of likely N-dealkylation sites (tertiary alicyclic amines) is 1. The third kappa shape index (κ3) is 5.55. The van der Waals surface area contributed by atoms with Gasteiger partial charge in [0.1, 0.15) is 17.0 Å². The van der Waals surface area contributed by atoms with Gasteiger partial charge in [0.2, 0.25) is 0 Å². The topological polar surface area (TPSA) is 126 Å². The zero-order valence-electron chi connectivity index (χ0n) is 18.3. The molecule has 0 radical (unpaired) electrons. The molecule has 2 atom stereocenters. The van der Waals surface area contributed by atoms with Crippen molar-refractivity contribution in [3.8, 4) is 6.07 Å². The number of nitrogens with two attached hydrogens (primary N) is 1. The predicted octanol–water partition coefficient (Wildman–Crippen LogP) is 3.58. The highest BCUT2D eigenvalue weighted by Crippen LogP contribution is 2.32. The van der Waals surface area contributed by atoms with Crippen LogP contribution in [0.3, 0.4) is 0 Å². The van der Waals surface area contributed by atoms with Crippen molar-refractivity contribution in [1.29, 1.82) is 5.26 Å². The number of nitrogens with one attached hydrogen (secondary N) is 1. The second kappa shape index (κ2) is 9.26. The lowest BCUT2D eigenvalue weighted by Crippen LogP contribution is -2.36. The summed E-state index contributed by atoms with van der Waals surface area (Å²) in [5.74, 6) is -0.907. The van der Waals surface area contributed by atoms with Crippen molar-refractivity contribution in [3.63, 3.8) is 0 Å². The first-order chi connectivity index (χ1) is 15.1. The lowest BCUT2D eigenvalue weighted by atomic mass is 9.97. The van der Waals surface area contributed by atoms with Gasteiger partial charge in [0.25, 0.3) is 5.91 Å². The maximum atomic E-state index is 13.2. The largest absolute Gasteiger partial charge is 0.444 e. The van der Waals surface area contributed by atoms with Crippen LogP contribution in [-0.4, -0.2) is 45.4 Å². The zero-order chi connectivity index (χ0) is 23.5. The molecule has 0 aliphatic carbocycles. The van der Waals surface area contributed by atoms with E-state index in [1.54, 1.807) is 9.58 Å². The molecule has 1 aliphatic heterocycles. The van der Waals surface area contributed by atoms with Crippen LogP contribution in [0.2, 0.25) is 0 Å². The molecule has 10 heteroatoms. The summed E-state index contributed by atoms with van der Waals surface area (Å²) in [7, 11) is 0. The molecular formula is C22H27FN6O3. The van der Waals surface area contributed by atoms with Crippen LogP contribution < -0.4 is 11.1 Å². The molecule has 2 aromatic rings. The maximum absolute atomic E-state index is 13.2. The number of benzene rings is 1. The van der Waals surface area contributed by atoms with Crippen molar-refractivity contribution in [2.24, 2.45) is 11.7 Å². The van der Waals surface area contributed by atoms with Gasteiger partial charge in [-0.3, -0.25) is 9.48 Å². The molecule has 3 N–H and O–H groups in total. The summed E-state index contributed by atoms with van der Waals surface area (Å²) in [5, 5.41) is 16.8. The Bertz CT molecular complexity index is 1020. The third-order valence-electron chi connectivity index (χ3n) is 5.17. The number of nitriles is 1. The number of carbonyl (C=O) groups is 2. The second-order valence-electron chi connectivity index (χ2n) is 8.77. The first-order valence-corrected chi connectivity index (χ1v) is 10.3. The molecule has 2 unspecified atom stereocenters. The van der Waals surface area contributed by atoms with Gasteiger partial charge in [0, 0.05) is 30.9 Å². The van der Waals surface area contributed by atoms with Gasteiger partial charge in [-0.1, -0.05) is 0 Å². The zero-order valence-corrected chi connectivity index (χ0v) is 18.3. The molecule has 9 nitrogen and oxygen atoms in total. The van der Waals surface area contributed by atoms with Crippen LogP contribution >= 0.6 is 0 Å². The molecule has 170 valence electrons. The molecule has 0 saturated carbocycles. The van der Waals surface area contributed by atoms with Gasteiger partial charge >= 0.3 is 6.09 Å². The summed E-state index contributed by atoms with van der Waals surface area (Å²) in [5.41, 5.74) is 5.62. The number of carbonyl (C=O) groups excluding carboxylic acids is 2. The quantitative estimate of drug-likeness (QED) is 0.704. The van der Waals surface area contributed by atoms with Crippen molar-refractivity contribution in [2.45, 2.75) is 45.3 Å². The van der Waals surface area contributed by atoms with Gasteiger partial charge in [-0.25, -0.2) is 9.18 Å². The highest BCUT2D eigenvalue weighted by atomic mass is 19.1. The Morgan fingerprint density at radius 1 is 1.38 bits per heavy atom. The van der Waals surface area contributed by atoms with Crippen LogP contribution in [0.4, 0.5) is 20.7 Å². The molecule has 2 amide bonds. The Labute approximate surface area is 185 Å². The van der Waals surface area contributed by atoms with Crippen molar-refractivity contribution in [3.05, 3.63) is 41.8 Å². The Morgan fingerprint density at radius 2 is 2.06 bits per heavy atom. The Balaban J connectivity index is 1.82. The summed E-state index contributed by atoms with van der Waals surface area (Å²) in [6.07, 6.45) is 1.92. The Hall–Kier alpha value is -3.61. The molecule has 3 rings (SSSR count). The average Bonchev–Trinajstić information content (AvgIpc) is 3.34. The summed E-state index contributed by atoms with van der Waals surface area (Å²) >= 11 is 0. The standard InChI is InChI=1S/C22H27FN6O3/c1-22(2,3)32-21(31)28-11-9-14(12-28)18(8-10-24)29-13-17(19(25)30)20(27-29)26-16-6-4-15(23)5-7-16/h4-7,13-14,18H,8-9,11-12H2,1-3H3,(H2,25,30)(H,26,27). The van der Waals surface area contributed by atoms with E-state index in [0.717, 1.165) is 0 Å². The van der Waals surface area contributed by atoms with E-state index in [2.05, 4.69) is 16.5 Å². The van der Waals surface area contributed by atoms with E-state index in [1.165, 1.54) is 30.5 Å². The monoisotopic (exact) mass is 442 g/mol. The third-order valence-corrected chi connectivity index (χ3v) is 5.17. The SMILES string of the molecule is CC(C)(C)OC(=O)N1CCC(C(CC#N)n2cc(C(N)=O)c(Nc3ccc(F)cc3)n2)C1. The summed E-state index contributed by atoms with van der Waals surface area (Å²) in [4.78, 5) is 26.0. The van der Waals surface area contributed by atoms with Gasteiger partial charge < -0.3 is 20.7 Å². The van der Waals surface area contributed by atoms with Gasteiger partial charge in [0.05, 0.1) is 18.5 Å². The van der Waals surface area contributed by atoms with Crippen LogP contribution in [0, 0.1) is 23.1 Å². The van der Waals surface area contributed by atoms with E-state index < -0.39 is 17.6 Å². The molecule has 1 aliphatic rings. The molecule has 32 heavy (non-hydrogen) atoms. The minimum absolute atomic E-state index is 0.0542. The first kappa shape index (κ1) is 23.1.